The highest BCUT2D eigenvalue weighted by atomic mass is 19.1. The van der Waals surface area contributed by atoms with Crippen LogP contribution in [0.5, 0.6) is 5.75 Å². The van der Waals surface area contributed by atoms with E-state index in [4.69, 9.17) is 4.74 Å². The lowest BCUT2D eigenvalue weighted by atomic mass is 9.87. The van der Waals surface area contributed by atoms with Gasteiger partial charge in [0.25, 0.3) is 0 Å². The molecule has 1 atom stereocenters. The molecule has 1 aliphatic carbocycles. The molecular formula is C16H24FNO. The Hall–Kier alpha value is -1.09. The van der Waals surface area contributed by atoms with Crippen molar-refractivity contribution >= 4 is 0 Å². The molecule has 1 N–H and O–H groups in total. The van der Waals surface area contributed by atoms with Gasteiger partial charge in [-0.15, -0.1) is 0 Å². The molecule has 2 rings (SSSR count). The van der Waals surface area contributed by atoms with Gasteiger partial charge in [-0.3, -0.25) is 0 Å². The molecule has 1 aromatic carbocycles. The van der Waals surface area contributed by atoms with Gasteiger partial charge in [-0.05, 0) is 43.5 Å². The minimum Gasteiger partial charge on any atom is -0.494 e. The van der Waals surface area contributed by atoms with Gasteiger partial charge >= 0.3 is 0 Å². The predicted molar refractivity (Wildman–Crippen MR) is 75.9 cm³/mol. The van der Waals surface area contributed by atoms with Crippen molar-refractivity contribution in [3.8, 4) is 5.75 Å². The van der Waals surface area contributed by atoms with Crippen LogP contribution in [0.15, 0.2) is 18.2 Å². The molecule has 1 fully saturated rings. The first-order valence-corrected chi connectivity index (χ1v) is 7.27. The van der Waals surface area contributed by atoms with Crippen molar-refractivity contribution in [2.24, 2.45) is 5.92 Å². The number of halogens is 1. The lowest BCUT2D eigenvalue weighted by molar-refractivity contribution is 0.338. The Balaban J connectivity index is 2.20. The third-order valence-corrected chi connectivity index (χ3v) is 4.22. The molecule has 0 amide bonds. The number of methoxy groups -OCH3 is 1. The molecule has 1 aromatic rings. The molecule has 0 heterocycles. The summed E-state index contributed by atoms with van der Waals surface area (Å²) in [7, 11) is 3.51. The first-order chi connectivity index (χ1) is 9.26. The van der Waals surface area contributed by atoms with Crippen LogP contribution in [-0.4, -0.2) is 14.2 Å². The van der Waals surface area contributed by atoms with E-state index < -0.39 is 0 Å². The fraction of sp³-hybridized carbons (Fsp3) is 0.625. The van der Waals surface area contributed by atoms with E-state index in [1.165, 1.54) is 51.7 Å². The van der Waals surface area contributed by atoms with Gasteiger partial charge in [-0.25, -0.2) is 4.39 Å². The van der Waals surface area contributed by atoms with Crippen LogP contribution >= 0.6 is 0 Å². The number of ether oxygens (including phenoxy) is 1. The topological polar surface area (TPSA) is 21.3 Å². The molecular weight excluding hydrogens is 241 g/mol. The maximum atomic E-state index is 13.5. The number of hydrogen-bond donors (Lipinski definition) is 1. The highest BCUT2D eigenvalue weighted by Gasteiger charge is 2.23. The standard InChI is InChI=1S/C16H24FNO/c1-18-16(12-7-5-3-4-6-8-12)13-9-10-14(17)15(11-13)19-2/h9-12,16,18H,3-8H2,1-2H3. The van der Waals surface area contributed by atoms with Crippen LogP contribution in [0.2, 0.25) is 0 Å². The van der Waals surface area contributed by atoms with Gasteiger partial charge in [0.2, 0.25) is 0 Å². The summed E-state index contributed by atoms with van der Waals surface area (Å²) in [5, 5.41) is 3.41. The van der Waals surface area contributed by atoms with Crippen LogP contribution in [0.4, 0.5) is 4.39 Å². The minimum atomic E-state index is -0.290. The molecule has 0 aliphatic heterocycles. The van der Waals surface area contributed by atoms with Gasteiger partial charge in [-0.1, -0.05) is 31.7 Å². The zero-order valence-corrected chi connectivity index (χ0v) is 11.9. The van der Waals surface area contributed by atoms with Gasteiger partial charge in [-0.2, -0.15) is 0 Å². The normalized spacial score (nSPS) is 18.9. The first-order valence-electron chi connectivity index (χ1n) is 7.27. The fourth-order valence-electron chi connectivity index (χ4n) is 3.19. The third kappa shape index (κ3) is 3.47. The molecule has 0 saturated heterocycles. The van der Waals surface area contributed by atoms with E-state index in [1.54, 1.807) is 0 Å². The van der Waals surface area contributed by atoms with Gasteiger partial charge < -0.3 is 10.1 Å². The molecule has 1 aliphatic rings. The summed E-state index contributed by atoms with van der Waals surface area (Å²) in [6, 6.07) is 5.52. The largest absolute Gasteiger partial charge is 0.494 e. The van der Waals surface area contributed by atoms with E-state index in [1.807, 2.05) is 19.2 Å². The van der Waals surface area contributed by atoms with Gasteiger partial charge in [0, 0.05) is 6.04 Å². The van der Waals surface area contributed by atoms with Crippen molar-refractivity contribution in [2.75, 3.05) is 14.2 Å². The average Bonchev–Trinajstić information content (AvgIpc) is 2.70. The highest BCUT2D eigenvalue weighted by molar-refractivity contribution is 5.32. The Kier molecular flexibility index (Phi) is 5.20. The van der Waals surface area contributed by atoms with E-state index in [2.05, 4.69) is 5.32 Å². The summed E-state index contributed by atoms with van der Waals surface area (Å²) in [6.07, 6.45) is 7.82. The van der Waals surface area contributed by atoms with Gasteiger partial charge in [0.1, 0.15) is 0 Å². The zero-order valence-electron chi connectivity index (χ0n) is 11.9. The van der Waals surface area contributed by atoms with E-state index >= 15 is 0 Å². The van der Waals surface area contributed by atoms with Crippen LogP contribution in [0.1, 0.15) is 50.1 Å². The van der Waals surface area contributed by atoms with Crippen LogP contribution < -0.4 is 10.1 Å². The SMILES string of the molecule is CNC(c1ccc(F)c(OC)c1)C1CCCCCC1. The zero-order chi connectivity index (χ0) is 13.7. The Bertz CT molecular complexity index is 400. The molecule has 106 valence electrons. The number of benzene rings is 1. The molecule has 19 heavy (non-hydrogen) atoms. The second kappa shape index (κ2) is 6.90. The van der Waals surface area contributed by atoms with Crippen molar-refractivity contribution in [2.45, 2.75) is 44.6 Å². The van der Waals surface area contributed by atoms with E-state index in [0.717, 1.165) is 5.56 Å². The van der Waals surface area contributed by atoms with E-state index in [9.17, 15) is 4.39 Å². The van der Waals surface area contributed by atoms with Crippen molar-refractivity contribution in [1.29, 1.82) is 0 Å². The smallest absolute Gasteiger partial charge is 0.165 e. The summed E-state index contributed by atoms with van der Waals surface area (Å²) in [4.78, 5) is 0. The van der Waals surface area contributed by atoms with Gasteiger partial charge in [0.05, 0.1) is 7.11 Å². The van der Waals surface area contributed by atoms with Crippen LogP contribution in [0.25, 0.3) is 0 Å². The summed E-state index contributed by atoms with van der Waals surface area (Å²) in [5.74, 6) is 0.691. The van der Waals surface area contributed by atoms with Crippen LogP contribution in [0, 0.1) is 11.7 Å². The average molecular weight is 265 g/mol. The quantitative estimate of drug-likeness (QED) is 0.829. The molecule has 1 unspecified atom stereocenters. The van der Waals surface area contributed by atoms with Crippen LogP contribution in [-0.2, 0) is 0 Å². The van der Waals surface area contributed by atoms with E-state index in [-0.39, 0.29) is 5.82 Å². The lowest BCUT2D eigenvalue weighted by Gasteiger charge is -2.26. The van der Waals surface area contributed by atoms with Crippen molar-refractivity contribution < 1.29 is 9.13 Å². The molecule has 0 spiro atoms. The summed E-state index contributed by atoms with van der Waals surface area (Å²) in [5.41, 5.74) is 1.13. The minimum absolute atomic E-state index is 0.290. The number of nitrogens with one attached hydrogen (secondary N) is 1. The lowest BCUT2D eigenvalue weighted by Crippen LogP contribution is -2.25. The van der Waals surface area contributed by atoms with Gasteiger partial charge in [0.15, 0.2) is 11.6 Å². The van der Waals surface area contributed by atoms with E-state index in [0.29, 0.717) is 17.7 Å². The summed E-state index contributed by atoms with van der Waals surface area (Å²) < 4.78 is 18.6. The molecule has 3 heteroatoms. The second-order valence-electron chi connectivity index (χ2n) is 5.41. The Labute approximate surface area is 115 Å². The predicted octanol–water partition coefficient (Wildman–Crippen LogP) is 4.07. The summed E-state index contributed by atoms with van der Waals surface area (Å²) >= 11 is 0. The van der Waals surface area contributed by atoms with Crippen molar-refractivity contribution in [3.05, 3.63) is 29.6 Å². The molecule has 0 bridgehead atoms. The maximum Gasteiger partial charge on any atom is 0.165 e. The Morgan fingerprint density at radius 2 is 1.89 bits per heavy atom. The monoisotopic (exact) mass is 265 g/mol. The van der Waals surface area contributed by atoms with Crippen molar-refractivity contribution in [1.82, 2.24) is 5.32 Å². The molecule has 1 saturated carbocycles. The van der Waals surface area contributed by atoms with Crippen LogP contribution in [0.3, 0.4) is 0 Å². The molecule has 2 nitrogen and oxygen atoms in total. The van der Waals surface area contributed by atoms with Crippen molar-refractivity contribution in [3.63, 3.8) is 0 Å². The Morgan fingerprint density at radius 1 is 1.21 bits per heavy atom. The second-order valence-corrected chi connectivity index (χ2v) is 5.41. The molecule has 0 radical (unpaired) electrons. The highest BCUT2D eigenvalue weighted by Crippen LogP contribution is 2.34. The third-order valence-electron chi connectivity index (χ3n) is 4.22. The molecule has 0 aromatic heterocycles. The summed E-state index contributed by atoms with van der Waals surface area (Å²) in [6.45, 7) is 0. The number of hydrogen-bond acceptors (Lipinski definition) is 2. The Morgan fingerprint density at radius 3 is 2.47 bits per heavy atom. The first kappa shape index (κ1) is 14.3. The maximum absolute atomic E-state index is 13.5. The fourth-order valence-corrected chi connectivity index (χ4v) is 3.19. The number of rotatable bonds is 4.